The highest BCUT2D eigenvalue weighted by Crippen LogP contribution is 2.29. The predicted molar refractivity (Wildman–Crippen MR) is 122 cm³/mol. The average Bonchev–Trinajstić information content (AvgIpc) is 2.77. The lowest BCUT2D eigenvalue weighted by Crippen LogP contribution is -2.37. The minimum Gasteiger partial charge on any atom is -0.354 e. The quantitative estimate of drug-likeness (QED) is 0.487. The summed E-state index contributed by atoms with van der Waals surface area (Å²) >= 11 is 0. The van der Waals surface area contributed by atoms with Gasteiger partial charge in [0.25, 0.3) is 0 Å². The van der Waals surface area contributed by atoms with E-state index in [2.05, 4.69) is 17.1 Å². The van der Waals surface area contributed by atoms with Gasteiger partial charge in [-0.05, 0) is 80.3 Å². The Balaban J connectivity index is 1.43. The number of benzene rings is 2. The van der Waals surface area contributed by atoms with Crippen molar-refractivity contribution in [2.75, 3.05) is 16.8 Å². The molecule has 0 aliphatic carbocycles. The number of halogens is 3. The average molecular weight is 439 g/mol. The number of nitrogens with one attached hydrogen (secondary N) is 1. The van der Waals surface area contributed by atoms with Crippen LogP contribution in [0.2, 0.25) is 0 Å². The zero-order chi connectivity index (χ0) is 22.7. The molecule has 1 aromatic heterocycles. The minimum atomic E-state index is -4.38. The number of carbonyl (C=O) groups is 1. The topological polar surface area (TPSA) is 45.2 Å². The summed E-state index contributed by atoms with van der Waals surface area (Å²) in [6.45, 7) is 3.24. The van der Waals surface area contributed by atoms with E-state index < -0.39 is 11.7 Å². The van der Waals surface area contributed by atoms with E-state index in [0.717, 1.165) is 35.4 Å². The van der Waals surface area contributed by atoms with Gasteiger partial charge in [-0.2, -0.15) is 13.2 Å². The van der Waals surface area contributed by atoms with Crippen molar-refractivity contribution in [3.8, 4) is 0 Å². The molecule has 166 valence electrons. The first kappa shape index (κ1) is 21.9. The molecule has 1 fully saturated rings. The number of fused-ring (bicyclic) bond motifs is 1. The molecule has 1 amide bonds. The Morgan fingerprint density at radius 2 is 1.88 bits per heavy atom. The summed E-state index contributed by atoms with van der Waals surface area (Å²) in [7, 11) is 0. The first-order valence-electron chi connectivity index (χ1n) is 10.6. The van der Waals surface area contributed by atoms with Crippen molar-refractivity contribution in [3.63, 3.8) is 0 Å². The van der Waals surface area contributed by atoms with Crippen LogP contribution in [0.4, 0.5) is 24.7 Å². The normalized spacial score (nSPS) is 17.1. The summed E-state index contributed by atoms with van der Waals surface area (Å²) in [4.78, 5) is 19.4. The Labute approximate surface area is 184 Å². The molecule has 1 unspecified atom stereocenters. The summed E-state index contributed by atoms with van der Waals surface area (Å²) < 4.78 is 37.9. The van der Waals surface area contributed by atoms with Gasteiger partial charge >= 0.3 is 6.18 Å². The van der Waals surface area contributed by atoms with Crippen molar-refractivity contribution < 1.29 is 18.0 Å². The van der Waals surface area contributed by atoms with E-state index in [1.54, 1.807) is 6.07 Å². The molecule has 0 saturated carbocycles. The van der Waals surface area contributed by atoms with Crippen LogP contribution in [0.5, 0.6) is 0 Å². The molecule has 0 spiro atoms. The summed E-state index contributed by atoms with van der Waals surface area (Å²) in [6.07, 6.45) is 1.99. The zero-order valence-corrected chi connectivity index (χ0v) is 17.7. The number of hydrogen-bond donors (Lipinski definition) is 1. The van der Waals surface area contributed by atoms with Gasteiger partial charge < -0.3 is 10.2 Å². The van der Waals surface area contributed by atoms with Gasteiger partial charge in [-0.3, -0.25) is 4.79 Å². The van der Waals surface area contributed by atoms with E-state index in [1.165, 1.54) is 43.5 Å². The van der Waals surface area contributed by atoms with Crippen LogP contribution in [0.1, 0.15) is 37.3 Å². The molecule has 2 aromatic carbocycles. The minimum absolute atomic E-state index is 0.365. The highest BCUT2D eigenvalue weighted by atomic mass is 19.4. The number of hydrogen-bond acceptors (Lipinski definition) is 3. The SMILES string of the molecule is CC1CCCCN1c1ccc2cc(NC(=O)/C=C/c3ccc(C(F)(F)F)cc3)ccc2n1. The van der Waals surface area contributed by atoms with Gasteiger partial charge in [-0.25, -0.2) is 4.98 Å². The Morgan fingerprint density at radius 1 is 1.09 bits per heavy atom. The van der Waals surface area contributed by atoms with Crippen molar-refractivity contribution in [1.82, 2.24) is 4.98 Å². The largest absolute Gasteiger partial charge is 0.416 e. The number of amides is 1. The van der Waals surface area contributed by atoms with Gasteiger partial charge in [-0.1, -0.05) is 12.1 Å². The van der Waals surface area contributed by atoms with Crippen LogP contribution < -0.4 is 10.2 Å². The number of piperidine rings is 1. The lowest BCUT2D eigenvalue weighted by atomic mass is 10.0. The van der Waals surface area contributed by atoms with Crippen molar-refractivity contribution in [1.29, 1.82) is 0 Å². The summed E-state index contributed by atoms with van der Waals surface area (Å²) in [5.74, 6) is 0.608. The second-order valence-electron chi connectivity index (χ2n) is 8.06. The molecular weight excluding hydrogens is 415 g/mol. The lowest BCUT2D eigenvalue weighted by Gasteiger charge is -2.34. The van der Waals surface area contributed by atoms with Gasteiger partial charge in [-0.15, -0.1) is 0 Å². The fraction of sp³-hybridized carbons (Fsp3) is 0.280. The third kappa shape index (κ3) is 5.10. The van der Waals surface area contributed by atoms with Gasteiger partial charge in [0, 0.05) is 29.7 Å². The molecular formula is C25H24F3N3O. The molecule has 1 N–H and O–H groups in total. The Bertz CT molecular complexity index is 1140. The van der Waals surface area contributed by atoms with E-state index >= 15 is 0 Å². The molecule has 1 saturated heterocycles. The first-order chi connectivity index (χ1) is 15.3. The van der Waals surface area contributed by atoms with Crippen molar-refractivity contribution >= 4 is 34.4 Å². The van der Waals surface area contributed by atoms with Crippen LogP contribution in [0.25, 0.3) is 17.0 Å². The number of nitrogens with zero attached hydrogens (tertiary/aromatic N) is 2. The van der Waals surface area contributed by atoms with Gasteiger partial charge in [0.1, 0.15) is 5.82 Å². The summed E-state index contributed by atoms with van der Waals surface area (Å²) in [5, 5.41) is 3.70. The first-order valence-corrected chi connectivity index (χ1v) is 10.6. The lowest BCUT2D eigenvalue weighted by molar-refractivity contribution is -0.137. The van der Waals surface area contributed by atoms with Crippen molar-refractivity contribution in [2.24, 2.45) is 0 Å². The maximum atomic E-state index is 12.6. The van der Waals surface area contributed by atoms with Gasteiger partial charge in [0.2, 0.25) is 5.91 Å². The molecule has 1 atom stereocenters. The third-order valence-electron chi connectivity index (χ3n) is 5.70. The molecule has 2 heterocycles. The van der Waals surface area contributed by atoms with E-state index in [-0.39, 0.29) is 5.91 Å². The van der Waals surface area contributed by atoms with Crippen LogP contribution in [0.3, 0.4) is 0 Å². The standard InChI is InChI=1S/C25H24F3N3O/c1-17-4-2-3-15-31(17)23-13-8-19-16-21(11-12-22(19)30-23)29-24(32)14-7-18-5-9-20(10-6-18)25(26,27)28/h5-14,16-17H,2-4,15H2,1H3,(H,29,32)/b14-7+. The maximum absolute atomic E-state index is 12.6. The highest BCUT2D eigenvalue weighted by molar-refractivity contribution is 6.03. The fourth-order valence-corrected chi connectivity index (χ4v) is 3.93. The summed E-state index contributed by atoms with van der Waals surface area (Å²) in [6, 6.07) is 14.7. The number of rotatable bonds is 4. The predicted octanol–water partition coefficient (Wildman–Crippen LogP) is 6.28. The van der Waals surface area contributed by atoms with Crippen LogP contribution in [-0.2, 0) is 11.0 Å². The van der Waals surface area contributed by atoms with Gasteiger partial charge in [0.15, 0.2) is 0 Å². The monoisotopic (exact) mass is 439 g/mol. The number of pyridine rings is 1. The fourth-order valence-electron chi connectivity index (χ4n) is 3.93. The molecule has 3 aromatic rings. The molecule has 4 nitrogen and oxygen atoms in total. The smallest absolute Gasteiger partial charge is 0.354 e. The van der Waals surface area contributed by atoms with Gasteiger partial charge in [0.05, 0.1) is 11.1 Å². The van der Waals surface area contributed by atoms with Crippen LogP contribution in [0, 0.1) is 0 Å². The Hall–Kier alpha value is -3.35. The maximum Gasteiger partial charge on any atom is 0.416 e. The number of alkyl halides is 3. The van der Waals surface area contributed by atoms with E-state index in [9.17, 15) is 18.0 Å². The number of anilines is 2. The molecule has 32 heavy (non-hydrogen) atoms. The van der Waals surface area contributed by atoms with E-state index in [1.807, 2.05) is 24.3 Å². The second kappa shape index (κ2) is 9.02. The van der Waals surface area contributed by atoms with Crippen LogP contribution in [-0.4, -0.2) is 23.5 Å². The summed E-state index contributed by atoms with van der Waals surface area (Å²) in [5.41, 5.74) is 1.27. The Kier molecular flexibility index (Phi) is 6.17. The molecule has 0 radical (unpaired) electrons. The Morgan fingerprint density at radius 3 is 2.59 bits per heavy atom. The van der Waals surface area contributed by atoms with E-state index in [4.69, 9.17) is 4.98 Å². The number of carbonyl (C=O) groups excluding carboxylic acids is 1. The molecule has 1 aliphatic rings. The van der Waals surface area contributed by atoms with E-state index in [0.29, 0.717) is 17.3 Å². The molecule has 0 bridgehead atoms. The number of aromatic nitrogens is 1. The van der Waals surface area contributed by atoms with Crippen molar-refractivity contribution in [2.45, 2.75) is 38.4 Å². The molecule has 4 rings (SSSR count). The van der Waals surface area contributed by atoms with Crippen molar-refractivity contribution in [3.05, 3.63) is 71.8 Å². The van der Waals surface area contributed by atoms with Crippen LogP contribution >= 0.6 is 0 Å². The zero-order valence-electron chi connectivity index (χ0n) is 17.7. The van der Waals surface area contributed by atoms with Crippen LogP contribution in [0.15, 0.2) is 60.7 Å². The second-order valence-corrected chi connectivity index (χ2v) is 8.06. The molecule has 1 aliphatic heterocycles. The molecule has 7 heteroatoms. The third-order valence-corrected chi connectivity index (χ3v) is 5.70. The highest BCUT2D eigenvalue weighted by Gasteiger charge is 2.29.